The summed E-state index contributed by atoms with van der Waals surface area (Å²) in [5.41, 5.74) is 16.9. The Labute approximate surface area is 607 Å². The number of halogens is 10. The minimum atomic E-state index is -1.02. The molecule has 0 saturated carbocycles. The maximum absolute atomic E-state index is 14.5. The Morgan fingerprint density at radius 1 is 0.456 bits per heavy atom. The molecule has 0 bridgehead atoms. The Morgan fingerprint density at radius 2 is 0.874 bits per heavy atom. The summed E-state index contributed by atoms with van der Waals surface area (Å²) < 4.78 is 71.7. The number of hydrogen-bond acceptors (Lipinski definition) is 11. The van der Waals surface area contributed by atoms with E-state index in [1.54, 1.807) is 91.4 Å². The molecule has 0 spiro atoms. The van der Waals surface area contributed by atoms with Gasteiger partial charge in [-0.05, 0) is 169 Å². The molecule has 0 unspecified atom stereocenters. The second kappa shape index (κ2) is 31.5. The van der Waals surface area contributed by atoms with Gasteiger partial charge in [-0.2, -0.15) is 4.39 Å². The number of hydrogen-bond donors (Lipinski definition) is 7. The van der Waals surface area contributed by atoms with E-state index >= 15 is 0 Å². The molecule has 0 radical (unpaired) electrons. The maximum Gasteiger partial charge on any atom is 0.335 e. The van der Waals surface area contributed by atoms with Gasteiger partial charge in [0, 0.05) is 177 Å². The van der Waals surface area contributed by atoms with Gasteiger partial charge >= 0.3 is 5.97 Å². The van der Waals surface area contributed by atoms with Crippen LogP contribution < -0.4 is 16.4 Å². The topological polar surface area (TPSA) is 259 Å². The molecule has 10 heterocycles. The molecule has 27 heteroatoms. The largest absolute Gasteiger partial charge is 0.478 e. The highest BCUT2D eigenvalue weighted by Gasteiger charge is 2.18. The average molecular weight is 1490 g/mol. The Balaban J connectivity index is 0.000000136. The fourth-order valence-electron chi connectivity index (χ4n) is 11.5. The first-order valence-corrected chi connectivity index (χ1v) is 33.3. The molecule has 0 aliphatic rings. The molecule has 2 amide bonds. The number of carboxylic acids is 1. The molecule has 0 aliphatic carbocycles. The van der Waals surface area contributed by atoms with Gasteiger partial charge in [0.2, 0.25) is 5.95 Å². The SMILES string of the molecule is Cc1c[nH]c2nc(F)c(CNC(=O)c3ccnc(Cc4cc(F)c5ncc(Cl)cc5c4)c3)cc12.Cc1cc2[nH]cc(Cl)c2cc1CN.O=C(NCc1cc2c(Cl)c[nH]c2cc1F)c1ccnc(Cc2cc(F)c3ncc(Cl)cc3c2)c1.O=C(O)c1ccnc(Cc2cc(F)c3ncc(Cl)cc3c2)c1. The van der Waals surface area contributed by atoms with E-state index in [9.17, 15) is 36.3 Å². The molecule has 0 aliphatic heterocycles. The van der Waals surface area contributed by atoms with E-state index in [1.807, 2.05) is 13.0 Å². The summed E-state index contributed by atoms with van der Waals surface area (Å²) >= 11 is 29.9. The summed E-state index contributed by atoms with van der Waals surface area (Å²) in [6.45, 7) is 4.48. The Morgan fingerprint density at radius 3 is 1.33 bits per heavy atom. The first kappa shape index (κ1) is 71.8. The first-order chi connectivity index (χ1) is 49.5. The number of carbonyl (C=O) groups is 3. The zero-order chi connectivity index (χ0) is 72.8. The van der Waals surface area contributed by atoms with E-state index in [0.717, 1.165) is 32.4 Å². The van der Waals surface area contributed by atoms with Crippen LogP contribution in [0.5, 0.6) is 0 Å². The minimum Gasteiger partial charge on any atom is -0.478 e. The van der Waals surface area contributed by atoms with Crippen molar-refractivity contribution in [1.29, 1.82) is 0 Å². The molecule has 0 atom stereocenters. The third kappa shape index (κ3) is 17.2. The maximum atomic E-state index is 14.5. The number of rotatable bonds is 14. The van der Waals surface area contributed by atoms with E-state index in [0.29, 0.717) is 129 Å². The van der Waals surface area contributed by atoms with Crippen LogP contribution in [0.3, 0.4) is 0 Å². The number of H-pyrrole nitrogens is 3. The number of carbonyl (C=O) groups excluding carboxylic acids is 2. The number of carboxylic acid groups (broad SMARTS) is 1. The highest BCUT2D eigenvalue weighted by Crippen LogP contribution is 2.30. The number of nitrogens with two attached hydrogens (primary N) is 1. The molecular formula is C76H55Cl5F5N13O4. The molecular weight excluding hydrogens is 1430 g/mol. The van der Waals surface area contributed by atoms with E-state index in [2.05, 4.69) is 73.5 Å². The van der Waals surface area contributed by atoms with Crippen molar-refractivity contribution in [2.45, 2.75) is 52.7 Å². The van der Waals surface area contributed by atoms with Crippen molar-refractivity contribution in [3.63, 3.8) is 0 Å². The molecule has 8 N–H and O–H groups in total. The van der Waals surface area contributed by atoms with Gasteiger partial charge in [-0.25, -0.2) is 27.3 Å². The number of aryl methyl sites for hydroxylation is 2. The smallest absolute Gasteiger partial charge is 0.335 e. The van der Waals surface area contributed by atoms with Gasteiger partial charge in [0.1, 0.15) is 45.5 Å². The van der Waals surface area contributed by atoms with Gasteiger partial charge in [0.05, 0.1) is 30.7 Å². The monoisotopic (exact) mass is 1480 g/mol. The number of nitrogens with zero attached hydrogens (tertiary/aromatic N) is 7. The average Bonchev–Trinajstić information content (AvgIpc) is 1.80. The second-order valence-electron chi connectivity index (χ2n) is 23.8. The minimum absolute atomic E-state index is 0.0105. The number of aromatic carboxylic acids is 1. The lowest BCUT2D eigenvalue weighted by Gasteiger charge is -2.09. The quantitative estimate of drug-likeness (QED) is 0.0396. The summed E-state index contributed by atoms with van der Waals surface area (Å²) in [7, 11) is 0. The lowest BCUT2D eigenvalue weighted by Crippen LogP contribution is -2.23. The number of nitrogens with one attached hydrogen (secondary N) is 5. The molecule has 10 aromatic heterocycles. The number of fused-ring (bicyclic) bond motifs is 6. The third-order valence-corrected chi connectivity index (χ3v) is 17.8. The fraction of sp³-hybridized carbons (Fsp3) is 0.105. The van der Waals surface area contributed by atoms with Crippen molar-refractivity contribution in [2.24, 2.45) is 5.73 Å². The van der Waals surface area contributed by atoms with E-state index in [-0.39, 0.29) is 52.6 Å². The predicted octanol–water partition coefficient (Wildman–Crippen LogP) is 17.8. The molecule has 5 aromatic carbocycles. The van der Waals surface area contributed by atoms with Crippen LogP contribution in [0.2, 0.25) is 25.1 Å². The summed E-state index contributed by atoms with van der Waals surface area (Å²) in [6, 6.07) is 32.5. The Kier molecular flexibility index (Phi) is 22.0. The fourth-order valence-corrected chi connectivity index (χ4v) is 12.4. The summed E-state index contributed by atoms with van der Waals surface area (Å²) in [4.78, 5) is 73.9. The third-order valence-electron chi connectivity index (χ3n) is 16.5. The lowest BCUT2D eigenvalue weighted by molar-refractivity contribution is 0.0695. The standard InChI is InChI=1S/C25H16Cl2F2N4O.C25H18ClF2N5O.C16H10ClFN2O2.C10H11ClN2/c26-17-6-15-3-13(5-22(29)24(15)32-11-17)4-18-7-14(1-2-30-18)25(34)33-10-16-8-19-20(27)12-31-23(19)9-21(16)28;1-13-10-31-24-20(13)9-17(23(28)33-24)11-32-25(34)15-2-3-29-19(8-15)5-14-4-16-7-18(26)12-30-22(16)21(27)6-14;17-12-6-11-3-9(5-14(18)15(11)20-8-12)4-13-7-10(16(21)22)1-2-19-13;1-6-2-10-8(3-7(6)4-12)9(11)5-13-10/h1-3,5-9,11-12,31H,4,10H2,(H,33,34);2-4,6-10,12H,5,11H2,1H3,(H,31,33)(H,32,34);1-3,5-8H,4H2,(H,21,22);2-3,5,13H,4,12H2,1H3. The Hall–Kier alpha value is -11.0. The van der Waals surface area contributed by atoms with Crippen molar-refractivity contribution in [1.82, 2.24) is 60.5 Å². The number of aromatic amines is 3. The van der Waals surface area contributed by atoms with Gasteiger partial charge in [0.25, 0.3) is 11.8 Å². The second-order valence-corrected chi connectivity index (χ2v) is 25.9. The van der Waals surface area contributed by atoms with Gasteiger partial charge in [-0.15, -0.1) is 0 Å². The summed E-state index contributed by atoms with van der Waals surface area (Å²) in [5.74, 6) is -4.24. The molecule has 0 fully saturated rings. The van der Waals surface area contributed by atoms with Gasteiger partial charge in [-0.3, -0.25) is 39.5 Å². The zero-order valence-electron chi connectivity index (χ0n) is 54.1. The highest BCUT2D eigenvalue weighted by molar-refractivity contribution is 6.36. The predicted molar refractivity (Wildman–Crippen MR) is 391 cm³/mol. The van der Waals surface area contributed by atoms with Crippen LogP contribution in [0, 0.1) is 43.1 Å². The lowest BCUT2D eigenvalue weighted by atomic mass is 10.0. The van der Waals surface area contributed by atoms with Gasteiger partial charge < -0.3 is 36.4 Å². The number of amides is 2. The van der Waals surface area contributed by atoms with Crippen molar-refractivity contribution in [3.8, 4) is 0 Å². The zero-order valence-corrected chi connectivity index (χ0v) is 57.9. The van der Waals surface area contributed by atoms with Crippen LogP contribution in [0.25, 0.3) is 65.5 Å². The van der Waals surface area contributed by atoms with Crippen molar-refractivity contribution in [3.05, 3.63) is 310 Å². The van der Waals surface area contributed by atoms with Gasteiger partial charge in [-0.1, -0.05) is 58.0 Å². The van der Waals surface area contributed by atoms with E-state index in [1.165, 1.54) is 79.1 Å². The first-order valence-electron chi connectivity index (χ1n) is 31.4. The van der Waals surface area contributed by atoms with Crippen molar-refractivity contribution in [2.75, 3.05) is 0 Å². The van der Waals surface area contributed by atoms with E-state index < -0.39 is 35.2 Å². The molecule has 0 saturated heterocycles. The van der Waals surface area contributed by atoms with Crippen LogP contribution in [-0.2, 0) is 38.9 Å². The number of aromatic nitrogens is 10. The van der Waals surface area contributed by atoms with Crippen LogP contribution in [0.4, 0.5) is 22.0 Å². The van der Waals surface area contributed by atoms with Gasteiger partial charge in [0.15, 0.2) is 0 Å². The van der Waals surface area contributed by atoms with Crippen molar-refractivity contribution < 1.29 is 41.4 Å². The van der Waals surface area contributed by atoms with Crippen LogP contribution in [-0.4, -0.2) is 72.7 Å². The molecule has 518 valence electrons. The molecule has 15 rings (SSSR count). The summed E-state index contributed by atoms with van der Waals surface area (Å²) in [6.07, 6.45) is 14.7. The number of pyridine rings is 7. The molecule has 15 aromatic rings. The number of benzene rings is 5. The molecule has 17 nitrogen and oxygen atoms in total. The Bertz CT molecular complexity index is 5570. The molecule has 103 heavy (non-hydrogen) atoms. The highest BCUT2D eigenvalue weighted by atomic mass is 35.5. The normalized spacial score (nSPS) is 11.2. The van der Waals surface area contributed by atoms with Crippen LogP contribution in [0.15, 0.2) is 177 Å². The van der Waals surface area contributed by atoms with Crippen LogP contribution in [0.1, 0.15) is 92.7 Å². The summed E-state index contributed by atoms with van der Waals surface area (Å²) in [5, 5.41) is 21.2. The van der Waals surface area contributed by atoms with E-state index in [4.69, 9.17) is 68.8 Å². The van der Waals surface area contributed by atoms with Crippen molar-refractivity contribution >= 4 is 141 Å². The van der Waals surface area contributed by atoms with Crippen LogP contribution >= 0.6 is 58.0 Å².